The Morgan fingerprint density at radius 3 is 3.00 bits per heavy atom. The molecule has 2 N–H and O–H groups in total. The Labute approximate surface area is 119 Å². The number of nitrogens with zero attached hydrogens (tertiary/aromatic N) is 1. The first-order chi connectivity index (χ1) is 8.97. The molecule has 104 valence electrons. The number of rotatable bonds is 3. The predicted octanol–water partition coefficient (Wildman–Crippen LogP) is 1.96. The molecular formula is C14H20ClN3O. The van der Waals surface area contributed by atoms with Crippen molar-refractivity contribution in [1.82, 2.24) is 10.2 Å². The number of benzene rings is 1. The molecule has 0 unspecified atom stereocenters. The molecule has 1 saturated heterocycles. The Balaban J connectivity index is 1.94. The van der Waals surface area contributed by atoms with Crippen molar-refractivity contribution in [3.8, 4) is 0 Å². The number of anilines is 1. The van der Waals surface area contributed by atoms with Gasteiger partial charge in [0.1, 0.15) is 0 Å². The monoisotopic (exact) mass is 281 g/mol. The summed E-state index contributed by atoms with van der Waals surface area (Å²) < 4.78 is 0. The maximum absolute atomic E-state index is 12.1. The molecule has 0 radical (unpaired) electrons. The zero-order valence-electron chi connectivity index (χ0n) is 11.4. The summed E-state index contributed by atoms with van der Waals surface area (Å²) in [5, 5.41) is 6.85. The van der Waals surface area contributed by atoms with Gasteiger partial charge in [0.25, 0.3) is 0 Å². The van der Waals surface area contributed by atoms with Crippen LogP contribution in [0.4, 0.5) is 5.69 Å². The second kappa shape index (κ2) is 5.90. The van der Waals surface area contributed by atoms with Gasteiger partial charge in [-0.1, -0.05) is 17.7 Å². The van der Waals surface area contributed by atoms with E-state index in [9.17, 15) is 4.79 Å². The van der Waals surface area contributed by atoms with Gasteiger partial charge in [-0.15, -0.1) is 0 Å². The number of carbonyl (C=O) groups excluding carboxylic acids is 1. The fraction of sp³-hybridized carbons (Fsp3) is 0.500. The predicted molar refractivity (Wildman–Crippen MR) is 78.6 cm³/mol. The van der Waals surface area contributed by atoms with E-state index in [0.717, 1.165) is 25.3 Å². The zero-order chi connectivity index (χ0) is 13.9. The van der Waals surface area contributed by atoms with E-state index in [1.54, 1.807) is 12.1 Å². The largest absolute Gasteiger partial charge is 0.325 e. The van der Waals surface area contributed by atoms with Crippen LogP contribution in [0.3, 0.4) is 0 Å². The van der Waals surface area contributed by atoms with Crippen molar-refractivity contribution >= 4 is 23.2 Å². The molecule has 0 aromatic heterocycles. The summed E-state index contributed by atoms with van der Waals surface area (Å²) in [5.74, 6) is -0.00255. The lowest BCUT2D eigenvalue weighted by Gasteiger charge is -2.42. The molecule has 1 aliphatic rings. The van der Waals surface area contributed by atoms with Crippen molar-refractivity contribution in [2.75, 3.05) is 31.5 Å². The minimum atomic E-state index is -0.00255. The van der Waals surface area contributed by atoms with Crippen molar-refractivity contribution in [1.29, 1.82) is 0 Å². The van der Waals surface area contributed by atoms with E-state index in [-0.39, 0.29) is 11.4 Å². The van der Waals surface area contributed by atoms with Crippen LogP contribution in [0, 0.1) is 0 Å². The average molecular weight is 282 g/mol. The second-order valence-corrected chi connectivity index (χ2v) is 5.91. The third-order valence-corrected chi connectivity index (χ3v) is 3.65. The van der Waals surface area contributed by atoms with Crippen LogP contribution in [0.2, 0.25) is 5.02 Å². The molecule has 0 saturated carbocycles. The van der Waals surface area contributed by atoms with Crippen LogP contribution in [-0.2, 0) is 4.79 Å². The van der Waals surface area contributed by atoms with Crippen LogP contribution in [0.15, 0.2) is 24.3 Å². The Morgan fingerprint density at radius 2 is 2.32 bits per heavy atom. The van der Waals surface area contributed by atoms with Gasteiger partial charge in [-0.05, 0) is 32.0 Å². The summed E-state index contributed by atoms with van der Waals surface area (Å²) in [5.41, 5.74) is 0.745. The van der Waals surface area contributed by atoms with E-state index >= 15 is 0 Å². The number of hydrogen-bond donors (Lipinski definition) is 2. The molecule has 4 nitrogen and oxygen atoms in total. The smallest absolute Gasteiger partial charge is 0.238 e. The highest BCUT2D eigenvalue weighted by atomic mass is 35.5. The van der Waals surface area contributed by atoms with Gasteiger partial charge < -0.3 is 10.6 Å². The van der Waals surface area contributed by atoms with Gasteiger partial charge in [-0.3, -0.25) is 9.69 Å². The van der Waals surface area contributed by atoms with E-state index in [0.29, 0.717) is 11.6 Å². The van der Waals surface area contributed by atoms with E-state index in [4.69, 9.17) is 11.6 Å². The van der Waals surface area contributed by atoms with E-state index < -0.39 is 0 Å². The summed E-state index contributed by atoms with van der Waals surface area (Å²) in [6.45, 7) is 7.40. The molecule has 1 aromatic carbocycles. The molecule has 1 fully saturated rings. The topological polar surface area (TPSA) is 44.4 Å². The highest BCUT2D eigenvalue weighted by Crippen LogP contribution is 2.17. The van der Waals surface area contributed by atoms with Crippen molar-refractivity contribution in [3.63, 3.8) is 0 Å². The second-order valence-electron chi connectivity index (χ2n) is 5.47. The van der Waals surface area contributed by atoms with Crippen LogP contribution in [0.1, 0.15) is 13.8 Å². The van der Waals surface area contributed by atoms with Crippen LogP contribution >= 0.6 is 11.6 Å². The number of nitrogens with one attached hydrogen (secondary N) is 2. The maximum atomic E-state index is 12.1. The van der Waals surface area contributed by atoms with E-state index in [1.165, 1.54) is 0 Å². The fourth-order valence-corrected chi connectivity index (χ4v) is 2.45. The van der Waals surface area contributed by atoms with Crippen LogP contribution in [0.25, 0.3) is 0 Å². The summed E-state index contributed by atoms with van der Waals surface area (Å²) >= 11 is 5.90. The Hall–Kier alpha value is -1.10. The standard InChI is InChI=1S/C14H20ClN3O/c1-14(2)10-16-6-7-18(14)9-13(19)17-12-5-3-4-11(15)8-12/h3-5,8,16H,6-7,9-10H2,1-2H3,(H,17,19). The van der Waals surface area contributed by atoms with E-state index in [1.807, 2.05) is 12.1 Å². The van der Waals surface area contributed by atoms with Gasteiger partial charge in [-0.2, -0.15) is 0 Å². The molecule has 1 aromatic rings. The third kappa shape index (κ3) is 3.93. The van der Waals surface area contributed by atoms with Crippen molar-refractivity contribution in [3.05, 3.63) is 29.3 Å². The van der Waals surface area contributed by atoms with Crippen LogP contribution < -0.4 is 10.6 Å². The minimum Gasteiger partial charge on any atom is -0.325 e. The molecule has 19 heavy (non-hydrogen) atoms. The van der Waals surface area contributed by atoms with Crippen LogP contribution in [0.5, 0.6) is 0 Å². The fourth-order valence-electron chi connectivity index (χ4n) is 2.26. The average Bonchev–Trinajstić information content (AvgIpc) is 2.32. The van der Waals surface area contributed by atoms with Gasteiger partial charge in [0.05, 0.1) is 6.54 Å². The molecule has 0 spiro atoms. The van der Waals surface area contributed by atoms with E-state index in [2.05, 4.69) is 29.4 Å². The number of hydrogen-bond acceptors (Lipinski definition) is 3. The lowest BCUT2D eigenvalue weighted by molar-refractivity contribution is -0.119. The minimum absolute atomic E-state index is 0.00255. The molecule has 1 aliphatic heterocycles. The summed E-state index contributed by atoms with van der Waals surface area (Å²) in [6, 6.07) is 7.21. The lowest BCUT2D eigenvalue weighted by atomic mass is 10.0. The van der Waals surface area contributed by atoms with Crippen LogP contribution in [-0.4, -0.2) is 42.5 Å². The summed E-state index contributed by atoms with van der Waals surface area (Å²) in [4.78, 5) is 14.3. The highest BCUT2D eigenvalue weighted by Gasteiger charge is 2.30. The first-order valence-corrected chi connectivity index (χ1v) is 6.86. The van der Waals surface area contributed by atoms with Gasteiger partial charge in [0.15, 0.2) is 0 Å². The van der Waals surface area contributed by atoms with Gasteiger partial charge in [0, 0.05) is 35.9 Å². The number of carbonyl (C=O) groups is 1. The zero-order valence-corrected chi connectivity index (χ0v) is 12.1. The molecule has 0 bridgehead atoms. The molecule has 1 heterocycles. The van der Waals surface area contributed by atoms with Crippen molar-refractivity contribution in [2.24, 2.45) is 0 Å². The Kier molecular flexibility index (Phi) is 4.45. The maximum Gasteiger partial charge on any atom is 0.238 e. The number of piperazine rings is 1. The lowest BCUT2D eigenvalue weighted by Crippen LogP contribution is -2.59. The molecular weight excluding hydrogens is 262 g/mol. The molecule has 2 rings (SSSR count). The normalized spacial score (nSPS) is 19.1. The summed E-state index contributed by atoms with van der Waals surface area (Å²) in [7, 11) is 0. The first kappa shape index (κ1) is 14.3. The van der Waals surface area contributed by atoms with Gasteiger partial charge in [0.2, 0.25) is 5.91 Å². The van der Waals surface area contributed by atoms with Gasteiger partial charge >= 0.3 is 0 Å². The molecule has 0 aliphatic carbocycles. The SMILES string of the molecule is CC1(C)CNCCN1CC(=O)Nc1cccc(Cl)c1. The van der Waals surface area contributed by atoms with Crippen molar-refractivity contribution < 1.29 is 4.79 Å². The number of amides is 1. The number of halogens is 1. The highest BCUT2D eigenvalue weighted by molar-refractivity contribution is 6.30. The quantitative estimate of drug-likeness (QED) is 0.890. The first-order valence-electron chi connectivity index (χ1n) is 6.48. The molecule has 5 heteroatoms. The Bertz CT molecular complexity index is 462. The van der Waals surface area contributed by atoms with Crippen molar-refractivity contribution in [2.45, 2.75) is 19.4 Å². The third-order valence-electron chi connectivity index (χ3n) is 3.42. The van der Waals surface area contributed by atoms with Gasteiger partial charge in [-0.25, -0.2) is 0 Å². The molecule has 1 amide bonds. The summed E-state index contributed by atoms with van der Waals surface area (Å²) in [6.07, 6.45) is 0. The molecule has 0 atom stereocenters. The Morgan fingerprint density at radius 1 is 1.53 bits per heavy atom.